The summed E-state index contributed by atoms with van der Waals surface area (Å²) in [6.07, 6.45) is 13.3. The Labute approximate surface area is 272 Å². The fourth-order valence-corrected chi connectivity index (χ4v) is 8.75. The number of nitrogens with zero attached hydrogens (tertiary/aromatic N) is 1. The lowest BCUT2D eigenvalue weighted by molar-refractivity contribution is -0.140. The van der Waals surface area contributed by atoms with E-state index in [4.69, 9.17) is 13.6 Å². The largest absolute Gasteiger partial charge is 0.469 e. The smallest absolute Gasteiger partial charge is 0.305 e. The molecule has 0 amide bonds. The predicted octanol–water partition coefficient (Wildman–Crippen LogP) is 10.8. The van der Waals surface area contributed by atoms with Crippen LogP contribution in [0.25, 0.3) is 0 Å². The van der Waals surface area contributed by atoms with Gasteiger partial charge in [-0.1, -0.05) is 93.2 Å². The molecule has 8 heteroatoms. The molecule has 0 saturated heterocycles. The molecule has 248 valence electrons. The van der Waals surface area contributed by atoms with E-state index in [0.29, 0.717) is 18.8 Å². The van der Waals surface area contributed by atoms with Gasteiger partial charge in [0.25, 0.3) is 0 Å². The molecular weight excluding hydrogens is 587 g/mol. The molecule has 0 spiro atoms. The fourth-order valence-electron chi connectivity index (χ4n) is 4.83. The first-order valence-electron chi connectivity index (χ1n) is 16.7. The average Bonchev–Trinajstić information content (AvgIpc) is 3.21. The zero-order valence-corrected chi connectivity index (χ0v) is 32.8. The minimum atomic E-state index is -2.05. The summed E-state index contributed by atoms with van der Waals surface area (Å²) in [5, 5.41) is 10.4. The summed E-state index contributed by atoms with van der Waals surface area (Å²) >= 11 is 1.81. The van der Waals surface area contributed by atoms with Crippen LogP contribution in [0.2, 0.25) is 36.3 Å². The summed E-state index contributed by atoms with van der Waals surface area (Å²) < 4.78 is 18.9. The van der Waals surface area contributed by atoms with E-state index in [9.17, 15) is 10.1 Å². The van der Waals surface area contributed by atoms with Gasteiger partial charge in [0.1, 0.15) is 0 Å². The van der Waals surface area contributed by atoms with Crippen LogP contribution in [-0.2, 0) is 18.4 Å². The number of unbranched alkanes of at least 4 members (excludes halogenated alkanes) is 3. The van der Waals surface area contributed by atoms with Crippen molar-refractivity contribution in [2.45, 2.75) is 162 Å². The highest BCUT2D eigenvalue weighted by Gasteiger charge is 2.44. The Balaban J connectivity index is 3.33. The SMILES string of the molecule is CCCC[C@@H](C)C[C@@H](C=C[C@@H]1C(SCCCCCC(=O)OC)=C(C#N)C[C@H]1O[Si](C)(C)C(C)(C)C)O[Si](C)(C)C(C)(C)C. The van der Waals surface area contributed by atoms with Crippen LogP contribution >= 0.6 is 11.8 Å². The Morgan fingerprint density at radius 3 is 2.21 bits per heavy atom. The van der Waals surface area contributed by atoms with Crippen LogP contribution in [-0.4, -0.2) is 47.7 Å². The van der Waals surface area contributed by atoms with Crippen molar-refractivity contribution in [3.8, 4) is 6.07 Å². The van der Waals surface area contributed by atoms with Gasteiger partial charge in [0.15, 0.2) is 16.6 Å². The van der Waals surface area contributed by atoms with Crippen molar-refractivity contribution in [1.82, 2.24) is 0 Å². The minimum absolute atomic E-state index is 0.0281. The first-order chi connectivity index (χ1) is 19.8. The van der Waals surface area contributed by atoms with Crippen LogP contribution in [0.3, 0.4) is 0 Å². The number of carbonyl (C=O) groups is 1. The fraction of sp³-hybridized carbons (Fsp3) is 0.829. The van der Waals surface area contributed by atoms with Crippen molar-refractivity contribution in [3.05, 3.63) is 22.6 Å². The monoisotopic (exact) mass is 651 g/mol. The summed E-state index contributed by atoms with van der Waals surface area (Å²) in [6.45, 7) is 27.7. The molecule has 5 nitrogen and oxygen atoms in total. The van der Waals surface area contributed by atoms with Crippen molar-refractivity contribution < 1.29 is 18.4 Å². The normalized spacial score (nSPS) is 20.0. The third-order valence-corrected chi connectivity index (χ3v) is 20.1. The van der Waals surface area contributed by atoms with Gasteiger partial charge in [-0.15, -0.1) is 11.8 Å². The van der Waals surface area contributed by atoms with Gasteiger partial charge in [0, 0.05) is 29.2 Å². The molecule has 0 radical (unpaired) electrons. The van der Waals surface area contributed by atoms with Crippen LogP contribution in [0.15, 0.2) is 22.6 Å². The van der Waals surface area contributed by atoms with Gasteiger partial charge in [-0.3, -0.25) is 4.79 Å². The first-order valence-corrected chi connectivity index (χ1v) is 23.5. The summed E-state index contributed by atoms with van der Waals surface area (Å²) in [5.41, 5.74) is 0.871. The molecule has 43 heavy (non-hydrogen) atoms. The minimum Gasteiger partial charge on any atom is -0.469 e. The lowest BCUT2D eigenvalue weighted by atomic mass is 9.96. The molecule has 1 aliphatic rings. The van der Waals surface area contributed by atoms with Gasteiger partial charge < -0.3 is 13.6 Å². The summed E-state index contributed by atoms with van der Waals surface area (Å²) in [4.78, 5) is 12.7. The number of rotatable bonds is 18. The number of hydrogen-bond acceptors (Lipinski definition) is 6. The molecule has 0 aromatic rings. The quantitative estimate of drug-likeness (QED) is 0.0636. The van der Waals surface area contributed by atoms with Crippen LogP contribution in [0.1, 0.15) is 113 Å². The van der Waals surface area contributed by atoms with E-state index in [2.05, 4.69) is 99.8 Å². The highest BCUT2D eigenvalue weighted by atomic mass is 32.2. The van der Waals surface area contributed by atoms with E-state index >= 15 is 0 Å². The lowest BCUT2D eigenvalue weighted by Crippen LogP contribution is -2.45. The van der Waals surface area contributed by atoms with Gasteiger partial charge in [-0.2, -0.15) is 5.26 Å². The molecule has 0 heterocycles. The van der Waals surface area contributed by atoms with Crippen molar-refractivity contribution in [1.29, 1.82) is 5.26 Å². The number of methoxy groups -OCH3 is 1. The van der Waals surface area contributed by atoms with E-state index < -0.39 is 16.6 Å². The molecule has 0 bridgehead atoms. The Morgan fingerprint density at radius 2 is 1.67 bits per heavy atom. The number of hydrogen-bond donors (Lipinski definition) is 0. The van der Waals surface area contributed by atoms with Gasteiger partial charge in [0.2, 0.25) is 0 Å². The molecule has 0 saturated carbocycles. The number of thioether (sulfide) groups is 1. The van der Waals surface area contributed by atoms with Crippen LogP contribution < -0.4 is 0 Å². The van der Waals surface area contributed by atoms with Gasteiger partial charge in [-0.05, 0) is 67.2 Å². The zero-order chi connectivity index (χ0) is 33.1. The maximum Gasteiger partial charge on any atom is 0.305 e. The molecule has 0 fully saturated rings. The lowest BCUT2D eigenvalue weighted by Gasteiger charge is -2.40. The summed E-state index contributed by atoms with van der Waals surface area (Å²) in [7, 11) is -2.60. The summed E-state index contributed by atoms with van der Waals surface area (Å²) in [5.74, 6) is 1.43. The molecular formula is C35H65NO4SSi2. The van der Waals surface area contributed by atoms with E-state index in [1.54, 1.807) is 0 Å². The van der Waals surface area contributed by atoms with Crippen molar-refractivity contribution in [2.75, 3.05) is 12.9 Å². The van der Waals surface area contributed by atoms with Crippen LogP contribution in [0, 0.1) is 23.2 Å². The maximum atomic E-state index is 11.5. The van der Waals surface area contributed by atoms with Gasteiger partial charge in [0.05, 0.1) is 25.4 Å². The van der Waals surface area contributed by atoms with Crippen LogP contribution in [0.5, 0.6) is 0 Å². The van der Waals surface area contributed by atoms with E-state index in [-0.39, 0.29) is 34.2 Å². The molecule has 0 aromatic heterocycles. The van der Waals surface area contributed by atoms with Gasteiger partial charge >= 0.3 is 5.97 Å². The third-order valence-electron chi connectivity index (χ3n) is 9.77. The second-order valence-corrected chi connectivity index (χ2v) is 26.3. The van der Waals surface area contributed by atoms with E-state index in [1.165, 1.54) is 31.3 Å². The number of carbonyl (C=O) groups excluding carboxylic acids is 1. The zero-order valence-electron chi connectivity index (χ0n) is 30.0. The van der Waals surface area contributed by atoms with Gasteiger partial charge in [-0.25, -0.2) is 0 Å². The van der Waals surface area contributed by atoms with E-state index in [0.717, 1.165) is 37.0 Å². The highest BCUT2D eigenvalue weighted by Crippen LogP contribution is 2.46. The number of esters is 1. The topological polar surface area (TPSA) is 68.6 Å². The van der Waals surface area contributed by atoms with E-state index in [1.807, 2.05) is 11.8 Å². The van der Waals surface area contributed by atoms with Crippen LogP contribution in [0.4, 0.5) is 0 Å². The second kappa shape index (κ2) is 17.7. The average molecular weight is 652 g/mol. The molecule has 1 aliphatic carbocycles. The predicted molar refractivity (Wildman–Crippen MR) is 190 cm³/mol. The standard InChI is InChI=1S/C35H65NO4SSi2/c1-14-15-19-27(2)24-29(39-42(10,11)34(3,4)5)21-22-30-31(40-43(12,13)35(6,7)8)25-28(26-36)33(30)41-23-18-16-17-20-32(37)38-9/h21-22,27,29-31H,14-20,23-25H2,1-13H3/t27-,29-,30+,31-/m1/s1. The molecule has 0 aromatic carbocycles. The Bertz CT molecular complexity index is 972. The number of nitriles is 1. The summed E-state index contributed by atoms with van der Waals surface area (Å²) in [6, 6.07) is 2.55. The molecule has 1 rings (SSSR count). The molecule has 0 unspecified atom stereocenters. The third kappa shape index (κ3) is 13.2. The highest BCUT2D eigenvalue weighted by molar-refractivity contribution is 8.03. The second-order valence-electron chi connectivity index (χ2n) is 15.6. The molecule has 0 aliphatic heterocycles. The van der Waals surface area contributed by atoms with Crippen molar-refractivity contribution in [2.24, 2.45) is 11.8 Å². The first kappa shape index (κ1) is 40.2. The van der Waals surface area contributed by atoms with Crippen molar-refractivity contribution in [3.63, 3.8) is 0 Å². The molecule has 0 N–H and O–H groups in total. The Kier molecular flexibility index (Phi) is 16.6. The van der Waals surface area contributed by atoms with Crippen molar-refractivity contribution >= 4 is 34.4 Å². The Hall–Kier alpha value is -0.856. The molecule has 4 atom stereocenters. The maximum absolute atomic E-state index is 11.5. The number of ether oxygens (including phenoxy) is 1. The Morgan fingerprint density at radius 1 is 1.05 bits per heavy atom.